The second-order valence-corrected chi connectivity index (χ2v) is 4.44. The molecule has 1 aromatic heterocycles. The SMILES string of the molecule is CCOC(=O)c1ccc([N+](=O)[O-])c(-n2cccc2C(=O)OC)c1. The molecule has 120 valence electrons. The molecule has 0 amide bonds. The summed E-state index contributed by atoms with van der Waals surface area (Å²) in [5, 5.41) is 11.2. The number of methoxy groups -OCH3 is 1. The standard InChI is InChI=1S/C15H14N2O6/c1-3-23-14(18)10-6-7-11(17(20)21)13(9-10)16-8-4-5-12(16)15(19)22-2/h4-9H,3H2,1-2H3. The van der Waals surface area contributed by atoms with E-state index in [1.807, 2.05) is 0 Å². The predicted molar refractivity (Wildman–Crippen MR) is 79.7 cm³/mol. The Bertz CT molecular complexity index is 765. The Morgan fingerprint density at radius 3 is 2.61 bits per heavy atom. The van der Waals surface area contributed by atoms with Crippen molar-refractivity contribution in [3.8, 4) is 5.69 Å². The number of ether oxygens (including phenoxy) is 2. The Kier molecular flexibility index (Phi) is 4.75. The number of carbonyl (C=O) groups is 2. The van der Waals surface area contributed by atoms with Crippen LogP contribution in [-0.4, -0.2) is 35.1 Å². The summed E-state index contributed by atoms with van der Waals surface area (Å²) in [5.74, 6) is -1.25. The van der Waals surface area contributed by atoms with Gasteiger partial charge >= 0.3 is 11.9 Å². The largest absolute Gasteiger partial charge is 0.464 e. The van der Waals surface area contributed by atoms with Gasteiger partial charge in [0, 0.05) is 12.3 Å². The van der Waals surface area contributed by atoms with Crippen molar-refractivity contribution in [2.75, 3.05) is 13.7 Å². The third kappa shape index (κ3) is 3.20. The summed E-state index contributed by atoms with van der Waals surface area (Å²) in [7, 11) is 1.21. The fraction of sp³-hybridized carbons (Fsp3) is 0.200. The predicted octanol–water partition coefficient (Wildman–Crippen LogP) is 2.35. The number of nitro benzene ring substituents is 1. The van der Waals surface area contributed by atoms with E-state index in [0.717, 1.165) is 0 Å². The van der Waals surface area contributed by atoms with Gasteiger partial charge in [0.2, 0.25) is 0 Å². The van der Waals surface area contributed by atoms with Gasteiger partial charge in [-0.15, -0.1) is 0 Å². The smallest absolute Gasteiger partial charge is 0.355 e. The fourth-order valence-electron chi connectivity index (χ4n) is 2.07. The van der Waals surface area contributed by atoms with E-state index >= 15 is 0 Å². The number of rotatable bonds is 5. The second-order valence-electron chi connectivity index (χ2n) is 4.44. The lowest BCUT2D eigenvalue weighted by atomic mass is 10.1. The minimum Gasteiger partial charge on any atom is -0.464 e. The van der Waals surface area contributed by atoms with Crippen molar-refractivity contribution in [3.63, 3.8) is 0 Å². The molecular formula is C15H14N2O6. The van der Waals surface area contributed by atoms with E-state index in [-0.39, 0.29) is 29.2 Å². The topological polar surface area (TPSA) is 101 Å². The van der Waals surface area contributed by atoms with Crippen molar-refractivity contribution in [2.45, 2.75) is 6.92 Å². The summed E-state index contributed by atoms with van der Waals surface area (Å²) >= 11 is 0. The Hall–Kier alpha value is -3.16. The molecule has 0 aliphatic carbocycles. The maximum absolute atomic E-state index is 11.8. The van der Waals surface area contributed by atoms with E-state index in [2.05, 4.69) is 4.74 Å². The average Bonchev–Trinajstić information content (AvgIpc) is 3.03. The average molecular weight is 318 g/mol. The van der Waals surface area contributed by atoms with Gasteiger partial charge in [-0.25, -0.2) is 9.59 Å². The molecule has 0 bridgehead atoms. The summed E-state index contributed by atoms with van der Waals surface area (Å²) < 4.78 is 10.8. The lowest BCUT2D eigenvalue weighted by Crippen LogP contribution is -2.11. The molecule has 1 aromatic carbocycles. The van der Waals surface area contributed by atoms with Crippen LogP contribution in [0.1, 0.15) is 27.8 Å². The zero-order valence-electron chi connectivity index (χ0n) is 12.5. The Morgan fingerprint density at radius 2 is 2.00 bits per heavy atom. The van der Waals surface area contributed by atoms with Gasteiger partial charge in [0.15, 0.2) is 0 Å². The van der Waals surface area contributed by atoms with Crippen molar-refractivity contribution in [1.29, 1.82) is 0 Å². The van der Waals surface area contributed by atoms with Crippen LogP contribution in [0.15, 0.2) is 36.5 Å². The van der Waals surface area contributed by atoms with E-state index < -0.39 is 16.9 Å². The molecular weight excluding hydrogens is 304 g/mol. The number of nitro groups is 1. The van der Waals surface area contributed by atoms with E-state index in [9.17, 15) is 19.7 Å². The van der Waals surface area contributed by atoms with Gasteiger partial charge < -0.3 is 14.0 Å². The highest BCUT2D eigenvalue weighted by atomic mass is 16.6. The first kappa shape index (κ1) is 16.2. The van der Waals surface area contributed by atoms with Crippen LogP contribution in [0.2, 0.25) is 0 Å². The van der Waals surface area contributed by atoms with Crippen LogP contribution in [0.3, 0.4) is 0 Å². The summed E-state index contributed by atoms with van der Waals surface area (Å²) in [5.41, 5.74) is 0.0823. The summed E-state index contributed by atoms with van der Waals surface area (Å²) in [6.07, 6.45) is 1.48. The number of benzene rings is 1. The van der Waals surface area contributed by atoms with Crippen LogP contribution in [0, 0.1) is 10.1 Å². The molecule has 0 atom stereocenters. The number of nitrogens with zero attached hydrogens (tertiary/aromatic N) is 2. The zero-order valence-corrected chi connectivity index (χ0v) is 12.5. The summed E-state index contributed by atoms with van der Waals surface area (Å²) in [4.78, 5) is 34.2. The first-order valence-electron chi connectivity index (χ1n) is 6.71. The van der Waals surface area contributed by atoms with Gasteiger partial charge in [-0.1, -0.05) is 0 Å². The monoisotopic (exact) mass is 318 g/mol. The number of hydrogen-bond acceptors (Lipinski definition) is 6. The molecule has 2 rings (SSSR count). The molecule has 0 fully saturated rings. The zero-order chi connectivity index (χ0) is 17.0. The third-order valence-corrected chi connectivity index (χ3v) is 3.09. The molecule has 0 spiro atoms. The molecule has 0 saturated carbocycles. The van der Waals surface area contributed by atoms with Gasteiger partial charge in [-0.3, -0.25) is 10.1 Å². The molecule has 0 radical (unpaired) electrons. The molecule has 8 nitrogen and oxygen atoms in total. The molecule has 2 aromatic rings. The number of aromatic nitrogens is 1. The highest BCUT2D eigenvalue weighted by molar-refractivity contribution is 5.92. The van der Waals surface area contributed by atoms with Gasteiger partial charge in [0.25, 0.3) is 5.69 Å². The summed E-state index contributed by atoms with van der Waals surface area (Å²) in [6.45, 7) is 1.84. The molecule has 0 unspecified atom stereocenters. The quantitative estimate of drug-likeness (QED) is 0.476. The Balaban J connectivity index is 2.61. The normalized spacial score (nSPS) is 10.2. The van der Waals surface area contributed by atoms with Gasteiger partial charge in [-0.2, -0.15) is 0 Å². The van der Waals surface area contributed by atoms with Crippen LogP contribution in [0.5, 0.6) is 0 Å². The molecule has 0 aliphatic heterocycles. The van der Waals surface area contributed by atoms with Crippen molar-refractivity contribution >= 4 is 17.6 Å². The van der Waals surface area contributed by atoms with Crippen LogP contribution < -0.4 is 0 Å². The molecule has 8 heteroatoms. The lowest BCUT2D eigenvalue weighted by Gasteiger charge is -2.10. The van der Waals surface area contributed by atoms with E-state index in [4.69, 9.17) is 4.74 Å². The van der Waals surface area contributed by atoms with Crippen LogP contribution in [0.25, 0.3) is 5.69 Å². The first-order valence-corrected chi connectivity index (χ1v) is 6.71. The van der Waals surface area contributed by atoms with Crippen molar-refractivity contribution in [1.82, 2.24) is 4.57 Å². The van der Waals surface area contributed by atoms with Gasteiger partial charge in [0.05, 0.1) is 24.2 Å². The lowest BCUT2D eigenvalue weighted by molar-refractivity contribution is -0.384. The highest BCUT2D eigenvalue weighted by Crippen LogP contribution is 2.26. The number of carbonyl (C=O) groups excluding carboxylic acids is 2. The third-order valence-electron chi connectivity index (χ3n) is 3.09. The summed E-state index contributed by atoms with van der Waals surface area (Å²) in [6, 6.07) is 6.83. The highest BCUT2D eigenvalue weighted by Gasteiger charge is 2.22. The first-order chi connectivity index (χ1) is 11.0. The van der Waals surface area contributed by atoms with E-state index in [1.54, 1.807) is 13.0 Å². The molecule has 0 N–H and O–H groups in total. The van der Waals surface area contributed by atoms with E-state index in [1.165, 1.54) is 42.1 Å². The van der Waals surface area contributed by atoms with Gasteiger partial charge in [-0.05, 0) is 31.2 Å². The Morgan fingerprint density at radius 1 is 1.26 bits per heavy atom. The van der Waals surface area contributed by atoms with Crippen molar-refractivity contribution < 1.29 is 24.0 Å². The van der Waals surface area contributed by atoms with Crippen LogP contribution >= 0.6 is 0 Å². The molecule has 0 saturated heterocycles. The van der Waals surface area contributed by atoms with Gasteiger partial charge in [0.1, 0.15) is 11.4 Å². The molecule has 23 heavy (non-hydrogen) atoms. The number of esters is 2. The maximum atomic E-state index is 11.8. The van der Waals surface area contributed by atoms with Crippen molar-refractivity contribution in [3.05, 3.63) is 57.9 Å². The number of hydrogen-bond donors (Lipinski definition) is 0. The minimum absolute atomic E-state index is 0.0750. The van der Waals surface area contributed by atoms with Crippen LogP contribution in [-0.2, 0) is 9.47 Å². The van der Waals surface area contributed by atoms with E-state index in [0.29, 0.717) is 0 Å². The van der Waals surface area contributed by atoms with Crippen molar-refractivity contribution in [2.24, 2.45) is 0 Å². The minimum atomic E-state index is -0.647. The molecule has 0 aliphatic rings. The second kappa shape index (κ2) is 6.73. The molecule has 1 heterocycles. The maximum Gasteiger partial charge on any atom is 0.355 e. The van der Waals surface area contributed by atoms with Crippen LogP contribution in [0.4, 0.5) is 5.69 Å². The fourth-order valence-corrected chi connectivity index (χ4v) is 2.07. The Labute approximate surface area is 131 Å².